The van der Waals surface area contributed by atoms with Crippen LogP contribution in [0.25, 0.3) is 0 Å². The molecule has 2 N–H and O–H groups in total. The van der Waals surface area contributed by atoms with Crippen LogP contribution in [0.5, 0.6) is 5.75 Å². The fraction of sp³-hybridized carbons (Fsp3) is 0.500. The number of aliphatic imine (C=N–C) groups is 1. The number of benzene rings is 1. The number of halogens is 1. The molecule has 2 aromatic rings. The molecule has 26 heavy (non-hydrogen) atoms. The summed E-state index contributed by atoms with van der Waals surface area (Å²) in [5.74, 6) is 2.54. The van der Waals surface area contributed by atoms with E-state index in [1.54, 1.807) is 18.1 Å². The summed E-state index contributed by atoms with van der Waals surface area (Å²) < 4.78 is 7.93. The fourth-order valence-electron chi connectivity index (χ4n) is 2.99. The summed E-state index contributed by atoms with van der Waals surface area (Å²) in [5, 5.41) is 10.6. The minimum atomic E-state index is 0. The predicted molar refractivity (Wildman–Crippen MR) is 113 cm³/mol. The molecular weight excluding hydrogens is 443 g/mol. The van der Waals surface area contributed by atoms with Crippen molar-refractivity contribution in [2.45, 2.75) is 44.9 Å². The molecule has 0 aliphatic heterocycles. The van der Waals surface area contributed by atoms with Gasteiger partial charge in [-0.15, -0.1) is 24.0 Å². The average molecular weight is 470 g/mol. The van der Waals surface area contributed by atoms with E-state index in [0.29, 0.717) is 19.2 Å². The van der Waals surface area contributed by atoms with Gasteiger partial charge in [-0.25, -0.2) is 4.98 Å². The molecule has 0 saturated heterocycles. The van der Waals surface area contributed by atoms with E-state index in [4.69, 9.17) is 4.74 Å². The highest BCUT2D eigenvalue weighted by Gasteiger charge is 2.17. The molecule has 0 unspecified atom stereocenters. The van der Waals surface area contributed by atoms with Gasteiger partial charge in [-0.2, -0.15) is 5.10 Å². The van der Waals surface area contributed by atoms with Crippen LogP contribution in [-0.2, 0) is 20.1 Å². The van der Waals surface area contributed by atoms with Crippen molar-refractivity contribution in [1.29, 1.82) is 0 Å². The number of ether oxygens (including phenoxy) is 1. The van der Waals surface area contributed by atoms with Crippen LogP contribution in [0.4, 0.5) is 0 Å². The second-order valence-corrected chi connectivity index (χ2v) is 6.21. The van der Waals surface area contributed by atoms with Crippen LogP contribution in [0.3, 0.4) is 0 Å². The van der Waals surface area contributed by atoms with Gasteiger partial charge in [0.1, 0.15) is 17.9 Å². The SMILES string of the molecule is CN=C(NCc1ccccc1OC1CCCC1)NCc1ncnn1C.I. The van der Waals surface area contributed by atoms with Crippen LogP contribution in [0, 0.1) is 0 Å². The normalized spacial score (nSPS) is 14.8. The van der Waals surface area contributed by atoms with Crippen molar-refractivity contribution in [2.24, 2.45) is 12.0 Å². The van der Waals surface area contributed by atoms with Crippen molar-refractivity contribution < 1.29 is 4.74 Å². The highest BCUT2D eigenvalue weighted by Crippen LogP contribution is 2.26. The number of hydrogen-bond donors (Lipinski definition) is 2. The lowest BCUT2D eigenvalue weighted by Gasteiger charge is -2.17. The quantitative estimate of drug-likeness (QED) is 0.386. The number of aryl methyl sites for hydroxylation is 1. The van der Waals surface area contributed by atoms with Gasteiger partial charge in [-0.05, 0) is 31.7 Å². The maximum Gasteiger partial charge on any atom is 0.191 e. The van der Waals surface area contributed by atoms with Crippen molar-refractivity contribution >= 4 is 29.9 Å². The molecule has 8 heteroatoms. The molecule has 0 atom stereocenters. The topological polar surface area (TPSA) is 76.4 Å². The van der Waals surface area contributed by atoms with Gasteiger partial charge in [0.2, 0.25) is 0 Å². The van der Waals surface area contributed by atoms with E-state index in [1.165, 1.54) is 12.8 Å². The largest absolute Gasteiger partial charge is 0.490 e. The van der Waals surface area contributed by atoms with Gasteiger partial charge in [0.25, 0.3) is 0 Å². The molecule has 3 rings (SSSR count). The summed E-state index contributed by atoms with van der Waals surface area (Å²) in [6, 6.07) is 8.20. The molecule has 0 radical (unpaired) electrons. The maximum absolute atomic E-state index is 6.19. The minimum Gasteiger partial charge on any atom is -0.490 e. The van der Waals surface area contributed by atoms with Gasteiger partial charge in [-0.1, -0.05) is 18.2 Å². The molecule has 1 fully saturated rings. The molecule has 7 nitrogen and oxygen atoms in total. The number of aromatic nitrogens is 3. The van der Waals surface area contributed by atoms with E-state index in [9.17, 15) is 0 Å². The Balaban J connectivity index is 0.00000243. The number of para-hydroxylation sites is 1. The van der Waals surface area contributed by atoms with E-state index in [2.05, 4.69) is 31.8 Å². The van der Waals surface area contributed by atoms with Crippen molar-refractivity contribution in [3.63, 3.8) is 0 Å². The Morgan fingerprint density at radius 1 is 1.23 bits per heavy atom. The predicted octanol–water partition coefficient (Wildman–Crippen LogP) is 2.62. The monoisotopic (exact) mass is 470 g/mol. The summed E-state index contributed by atoms with van der Waals surface area (Å²) in [4.78, 5) is 8.46. The number of rotatable bonds is 6. The number of nitrogens with one attached hydrogen (secondary N) is 2. The second kappa shape index (κ2) is 10.3. The first-order chi connectivity index (χ1) is 12.3. The van der Waals surface area contributed by atoms with Gasteiger partial charge in [0.05, 0.1) is 12.6 Å². The first-order valence-electron chi connectivity index (χ1n) is 8.78. The summed E-state index contributed by atoms with van der Waals surface area (Å²) in [6.45, 7) is 1.22. The minimum absolute atomic E-state index is 0. The Hall–Kier alpha value is -1.84. The molecule has 1 heterocycles. The van der Waals surface area contributed by atoms with Gasteiger partial charge in [0.15, 0.2) is 5.96 Å². The zero-order valence-electron chi connectivity index (χ0n) is 15.3. The van der Waals surface area contributed by atoms with Crippen LogP contribution < -0.4 is 15.4 Å². The third kappa shape index (κ3) is 5.58. The third-order valence-corrected chi connectivity index (χ3v) is 4.46. The summed E-state index contributed by atoms with van der Waals surface area (Å²) >= 11 is 0. The highest BCUT2D eigenvalue weighted by atomic mass is 127. The van der Waals surface area contributed by atoms with Crippen LogP contribution in [-0.4, -0.2) is 33.9 Å². The van der Waals surface area contributed by atoms with E-state index >= 15 is 0 Å². The molecule has 1 aromatic carbocycles. The summed E-state index contributed by atoms with van der Waals surface area (Å²) in [6.07, 6.45) is 6.75. The first kappa shape index (κ1) is 20.5. The average Bonchev–Trinajstić information content (AvgIpc) is 3.28. The molecule has 1 aromatic heterocycles. The standard InChI is InChI=1S/C18H26N6O.HI/c1-19-18(21-12-17-22-13-23-24(17)2)20-11-14-7-3-6-10-16(14)25-15-8-4-5-9-15;/h3,6-7,10,13,15H,4-5,8-9,11-12H2,1-2H3,(H2,19,20,21);1H. The fourth-order valence-corrected chi connectivity index (χ4v) is 2.99. The molecular formula is C18H27IN6O. The van der Waals surface area contributed by atoms with Crippen molar-refractivity contribution in [1.82, 2.24) is 25.4 Å². The first-order valence-corrected chi connectivity index (χ1v) is 8.78. The molecule has 1 aliphatic carbocycles. The zero-order chi connectivity index (χ0) is 17.5. The zero-order valence-corrected chi connectivity index (χ0v) is 17.6. The molecule has 1 saturated carbocycles. The lowest BCUT2D eigenvalue weighted by molar-refractivity contribution is 0.208. The maximum atomic E-state index is 6.19. The second-order valence-electron chi connectivity index (χ2n) is 6.21. The Bertz CT molecular complexity index is 711. The molecule has 0 bridgehead atoms. The van der Waals surface area contributed by atoms with Gasteiger partial charge >= 0.3 is 0 Å². The Kier molecular flexibility index (Phi) is 8.14. The van der Waals surface area contributed by atoms with Crippen molar-refractivity contribution in [2.75, 3.05) is 7.05 Å². The summed E-state index contributed by atoms with van der Waals surface area (Å²) in [7, 11) is 3.63. The Morgan fingerprint density at radius 2 is 1.96 bits per heavy atom. The molecule has 0 amide bonds. The number of guanidine groups is 1. The van der Waals surface area contributed by atoms with Crippen LogP contribution >= 0.6 is 24.0 Å². The highest BCUT2D eigenvalue weighted by molar-refractivity contribution is 14.0. The number of hydrogen-bond acceptors (Lipinski definition) is 4. The lowest BCUT2D eigenvalue weighted by Crippen LogP contribution is -2.37. The Labute approximate surface area is 171 Å². The molecule has 0 spiro atoms. The Morgan fingerprint density at radius 3 is 2.65 bits per heavy atom. The lowest BCUT2D eigenvalue weighted by atomic mass is 10.2. The van der Waals surface area contributed by atoms with E-state index in [1.807, 2.05) is 25.2 Å². The van der Waals surface area contributed by atoms with Crippen molar-refractivity contribution in [3.05, 3.63) is 42.0 Å². The van der Waals surface area contributed by atoms with Crippen LogP contribution in [0.2, 0.25) is 0 Å². The third-order valence-electron chi connectivity index (χ3n) is 4.46. The van der Waals surface area contributed by atoms with Crippen LogP contribution in [0.15, 0.2) is 35.6 Å². The molecule has 142 valence electrons. The van der Waals surface area contributed by atoms with Crippen molar-refractivity contribution in [3.8, 4) is 5.75 Å². The van der Waals surface area contributed by atoms with E-state index in [0.717, 1.165) is 35.9 Å². The van der Waals surface area contributed by atoms with Gasteiger partial charge in [0, 0.05) is 26.2 Å². The van der Waals surface area contributed by atoms with Crippen LogP contribution in [0.1, 0.15) is 37.1 Å². The van der Waals surface area contributed by atoms with E-state index in [-0.39, 0.29) is 24.0 Å². The number of nitrogens with zero attached hydrogens (tertiary/aromatic N) is 4. The summed E-state index contributed by atoms with van der Waals surface area (Å²) in [5.41, 5.74) is 1.14. The van der Waals surface area contributed by atoms with Gasteiger partial charge < -0.3 is 15.4 Å². The van der Waals surface area contributed by atoms with Gasteiger partial charge in [-0.3, -0.25) is 9.67 Å². The smallest absolute Gasteiger partial charge is 0.191 e. The van der Waals surface area contributed by atoms with E-state index < -0.39 is 0 Å². The molecule has 1 aliphatic rings.